The Labute approximate surface area is 137 Å². The van der Waals surface area contributed by atoms with Crippen LogP contribution in [0.5, 0.6) is 0 Å². The van der Waals surface area contributed by atoms with Gasteiger partial charge in [0.05, 0.1) is 16.0 Å². The quantitative estimate of drug-likeness (QED) is 0.848. The second kappa shape index (κ2) is 4.69. The molecule has 1 aliphatic heterocycles. The van der Waals surface area contributed by atoms with Gasteiger partial charge in [-0.1, -0.05) is 17.7 Å². The van der Waals surface area contributed by atoms with E-state index in [1.54, 1.807) is 36.7 Å². The van der Waals surface area contributed by atoms with Crippen molar-refractivity contribution in [3.8, 4) is 0 Å². The highest BCUT2D eigenvalue weighted by Gasteiger charge is 2.51. The molecular formula is C17H21N2O3S. The van der Waals surface area contributed by atoms with E-state index in [1.165, 1.54) is 3.97 Å². The largest absolute Gasteiger partial charge is 0.267 e. The minimum absolute atomic E-state index is 0.242. The molecule has 1 aliphatic rings. The van der Waals surface area contributed by atoms with Gasteiger partial charge < -0.3 is 0 Å². The predicted octanol–water partition coefficient (Wildman–Crippen LogP) is 3.16. The fourth-order valence-electron chi connectivity index (χ4n) is 3.29. The van der Waals surface area contributed by atoms with Gasteiger partial charge >= 0.3 is 0 Å². The number of hydroxylamine groups is 2. The van der Waals surface area contributed by atoms with Crippen molar-refractivity contribution in [3.05, 3.63) is 53.3 Å². The average molecular weight is 333 g/mol. The summed E-state index contributed by atoms with van der Waals surface area (Å²) in [5.41, 5.74) is 1.00. The Kier molecular flexibility index (Phi) is 3.31. The molecule has 1 aromatic carbocycles. The summed E-state index contributed by atoms with van der Waals surface area (Å²) in [6.45, 7) is 9.17. The van der Waals surface area contributed by atoms with Crippen molar-refractivity contribution in [2.24, 2.45) is 0 Å². The molecule has 0 amide bonds. The molecule has 0 bridgehead atoms. The third-order valence-electron chi connectivity index (χ3n) is 4.73. The number of aryl methyl sites for hydroxylation is 1. The van der Waals surface area contributed by atoms with E-state index in [2.05, 4.69) is 0 Å². The molecule has 3 rings (SSSR count). The first-order valence-electron chi connectivity index (χ1n) is 7.51. The Bertz CT molecular complexity index is 828. The van der Waals surface area contributed by atoms with E-state index in [4.69, 9.17) is 0 Å². The van der Waals surface area contributed by atoms with Gasteiger partial charge in [-0.25, -0.2) is 12.4 Å². The summed E-state index contributed by atoms with van der Waals surface area (Å²) >= 11 is 0. The van der Waals surface area contributed by atoms with Gasteiger partial charge in [0.25, 0.3) is 10.0 Å². The van der Waals surface area contributed by atoms with Crippen LogP contribution in [0.15, 0.2) is 41.6 Å². The molecule has 1 radical (unpaired) electrons. The molecule has 23 heavy (non-hydrogen) atoms. The van der Waals surface area contributed by atoms with E-state index in [0.29, 0.717) is 0 Å². The zero-order valence-electron chi connectivity index (χ0n) is 14.0. The summed E-state index contributed by atoms with van der Waals surface area (Å²) in [6.07, 6.45) is 3.15. The fraction of sp³-hybridized carbons (Fsp3) is 0.412. The van der Waals surface area contributed by atoms with Crippen LogP contribution in [0.1, 0.15) is 44.4 Å². The van der Waals surface area contributed by atoms with Crippen molar-refractivity contribution in [1.82, 2.24) is 9.04 Å². The Morgan fingerprint density at radius 3 is 1.74 bits per heavy atom. The first kappa shape index (κ1) is 16.2. The van der Waals surface area contributed by atoms with Gasteiger partial charge in [-0.3, -0.25) is 0 Å². The zero-order chi connectivity index (χ0) is 17.2. The van der Waals surface area contributed by atoms with Crippen molar-refractivity contribution < 1.29 is 13.6 Å². The number of hydrogen-bond donors (Lipinski definition) is 0. The van der Waals surface area contributed by atoms with Gasteiger partial charge in [-0.15, -0.1) is 10.3 Å². The normalized spacial score (nSPS) is 19.7. The number of benzene rings is 1. The van der Waals surface area contributed by atoms with Crippen molar-refractivity contribution in [3.63, 3.8) is 0 Å². The molecule has 0 N–H and O–H groups in total. The molecule has 0 saturated carbocycles. The van der Waals surface area contributed by atoms with Crippen molar-refractivity contribution >= 4 is 10.0 Å². The van der Waals surface area contributed by atoms with Gasteiger partial charge in [0.2, 0.25) is 0 Å². The van der Waals surface area contributed by atoms with Crippen LogP contribution < -0.4 is 0 Å². The van der Waals surface area contributed by atoms with Crippen LogP contribution >= 0.6 is 0 Å². The van der Waals surface area contributed by atoms with E-state index in [-0.39, 0.29) is 4.90 Å². The van der Waals surface area contributed by atoms with E-state index < -0.39 is 21.1 Å². The average Bonchev–Trinajstić information content (AvgIpc) is 2.98. The minimum Gasteiger partial charge on any atom is -0.248 e. The first-order valence-corrected chi connectivity index (χ1v) is 8.95. The summed E-state index contributed by atoms with van der Waals surface area (Å²) in [7, 11) is -3.66. The lowest BCUT2D eigenvalue weighted by molar-refractivity contribution is -0.266. The van der Waals surface area contributed by atoms with Crippen LogP contribution in [0.3, 0.4) is 0 Å². The molecule has 5 nitrogen and oxygen atoms in total. The number of fused-ring (bicyclic) bond motifs is 1. The Balaban J connectivity index is 2.15. The lowest BCUT2D eigenvalue weighted by atomic mass is 9.95. The fourth-order valence-corrected chi connectivity index (χ4v) is 4.51. The Morgan fingerprint density at radius 2 is 1.30 bits per heavy atom. The van der Waals surface area contributed by atoms with Crippen LogP contribution in [0, 0.1) is 6.92 Å². The molecule has 0 saturated heterocycles. The summed E-state index contributed by atoms with van der Waals surface area (Å²) in [5.74, 6) is 0. The van der Waals surface area contributed by atoms with Gasteiger partial charge in [0.15, 0.2) is 0 Å². The maximum atomic E-state index is 12.8. The van der Waals surface area contributed by atoms with Gasteiger partial charge in [0, 0.05) is 12.4 Å². The highest BCUT2D eigenvalue weighted by molar-refractivity contribution is 7.90. The van der Waals surface area contributed by atoms with E-state index in [9.17, 15) is 13.6 Å². The molecule has 6 heteroatoms. The molecule has 2 heterocycles. The van der Waals surface area contributed by atoms with E-state index >= 15 is 0 Å². The van der Waals surface area contributed by atoms with Crippen molar-refractivity contribution in [2.75, 3.05) is 0 Å². The lowest BCUT2D eigenvalue weighted by Gasteiger charge is -2.33. The molecule has 0 fully saturated rings. The molecule has 123 valence electrons. The van der Waals surface area contributed by atoms with Gasteiger partial charge in [-0.2, -0.15) is 0 Å². The molecule has 0 aliphatic carbocycles. The van der Waals surface area contributed by atoms with Crippen LogP contribution in [0.25, 0.3) is 0 Å². The van der Waals surface area contributed by atoms with Crippen LogP contribution in [-0.4, -0.2) is 17.5 Å². The second-order valence-corrected chi connectivity index (χ2v) is 8.99. The molecule has 0 atom stereocenters. The summed E-state index contributed by atoms with van der Waals surface area (Å²) in [4.78, 5) is 0.242. The van der Waals surface area contributed by atoms with Crippen LogP contribution in [0.4, 0.5) is 0 Å². The monoisotopic (exact) mass is 333 g/mol. The van der Waals surface area contributed by atoms with Crippen LogP contribution in [0.2, 0.25) is 0 Å². The zero-order valence-corrected chi connectivity index (χ0v) is 14.8. The highest BCUT2D eigenvalue weighted by Crippen LogP contribution is 2.49. The lowest BCUT2D eigenvalue weighted by Crippen LogP contribution is -2.42. The molecular weight excluding hydrogens is 312 g/mol. The maximum Gasteiger partial charge on any atom is 0.267 e. The predicted molar refractivity (Wildman–Crippen MR) is 86.8 cm³/mol. The van der Waals surface area contributed by atoms with Crippen LogP contribution in [-0.2, 0) is 26.3 Å². The third-order valence-corrected chi connectivity index (χ3v) is 6.37. The maximum absolute atomic E-state index is 12.8. The second-order valence-electron chi connectivity index (χ2n) is 7.15. The van der Waals surface area contributed by atoms with E-state index in [0.717, 1.165) is 21.8 Å². The summed E-state index contributed by atoms with van der Waals surface area (Å²) in [6, 6.07) is 6.76. The standard InChI is InChI=1S/C17H21N2O3S/c1-12-6-8-13(9-7-12)23(21,22)18-10-14-15(11-18)17(4,5)19(20)16(14,2)3/h6-11H,1-5H3. The van der Waals surface area contributed by atoms with Crippen molar-refractivity contribution in [2.45, 2.75) is 50.6 Å². The summed E-state index contributed by atoms with van der Waals surface area (Å²) in [5, 5.41) is 13.5. The number of hydrogen-bond acceptors (Lipinski definition) is 3. The highest BCUT2D eigenvalue weighted by atomic mass is 32.2. The first-order chi connectivity index (χ1) is 10.5. The molecule has 0 spiro atoms. The topological polar surface area (TPSA) is 62.2 Å². The van der Waals surface area contributed by atoms with Gasteiger partial charge in [-0.05, 0) is 57.9 Å². The Hall–Kier alpha value is -1.63. The number of rotatable bonds is 2. The summed E-state index contributed by atoms with van der Waals surface area (Å²) < 4.78 is 26.9. The van der Waals surface area contributed by atoms with Gasteiger partial charge in [0.1, 0.15) is 0 Å². The SMILES string of the molecule is Cc1ccc(S(=O)(=O)n2cc3c(c2)C(C)(C)N([O])C3(C)C)cc1. The number of aromatic nitrogens is 1. The number of nitrogens with zero attached hydrogens (tertiary/aromatic N) is 2. The smallest absolute Gasteiger partial charge is 0.248 e. The molecule has 2 aromatic rings. The minimum atomic E-state index is -3.66. The third kappa shape index (κ3) is 2.16. The van der Waals surface area contributed by atoms with Crippen molar-refractivity contribution in [1.29, 1.82) is 0 Å². The Morgan fingerprint density at radius 1 is 0.870 bits per heavy atom. The molecule has 1 aromatic heterocycles. The molecule has 0 unspecified atom stereocenters. The van der Waals surface area contributed by atoms with E-state index in [1.807, 2.05) is 34.6 Å².